The van der Waals surface area contributed by atoms with Crippen molar-refractivity contribution >= 4 is 0 Å². The van der Waals surface area contributed by atoms with Gasteiger partial charge in [-0.15, -0.1) is 0 Å². The van der Waals surface area contributed by atoms with Crippen LogP contribution in [0.15, 0.2) is 24.3 Å². The summed E-state index contributed by atoms with van der Waals surface area (Å²) in [4.78, 5) is 2.99. The first-order chi connectivity index (χ1) is 8.28. The average molecular weight is 240 g/mol. The van der Waals surface area contributed by atoms with Gasteiger partial charge in [0, 0.05) is 5.56 Å². The molecule has 0 spiro atoms. The summed E-state index contributed by atoms with van der Waals surface area (Å²) in [6.07, 6.45) is 0. The van der Waals surface area contributed by atoms with Crippen LogP contribution >= 0.6 is 0 Å². The summed E-state index contributed by atoms with van der Waals surface area (Å²) in [6, 6.07) is 6.88. The van der Waals surface area contributed by atoms with Crippen LogP contribution < -0.4 is 9.80 Å². The minimum Gasteiger partial charge on any atom is -0.391 e. The number of piperazine rings is 1. The number of nitrogens with one attached hydrogen (secondary N) is 2. The highest BCUT2D eigenvalue weighted by Crippen LogP contribution is 2.01. The Labute approximate surface area is 101 Å². The fourth-order valence-electron chi connectivity index (χ4n) is 2.48. The van der Waals surface area contributed by atoms with Crippen molar-refractivity contribution < 1.29 is 19.3 Å². The van der Waals surface area contributed by atoms with E-state index < -0.39 is 0 Å². The molecule has 0 unspecified atom stereocenters. The van der Waals surface area contributed by atoms with Crippen LogP contribution in [-0.2, 0) is 6.54 Å². The van der Waals surface area contributed by atoms with Gasteiger partial charge in [-0.25, -0.2) is 4.39 Å². The normalized spacial score (nSPS) is 24.8. The van der Waals surface area contributed by atoms with Gasteiger partial charge in [0.1, 0.15) is 45.1 Å². The van der Waals surface area contributed by atoms with E-state index in [0.717, 1.165) is 44.8 Å². The van der Waals surface area contributed by atoms with Crippen molar-refractivity contribution in [3.63, 3.8) is 0 Å². The van der Waals surface area contributed by atoms with Gasteiger partial charge in [-0.1, -0.05) is 12.1 Å². The number of hydrogen-bond donors (Lipinski definition) is 3. The van der Waals surface area contributed by atoms with Crippen LogP contribution in [0.5, 0.6) is 0 Å². The number of rotatable bonds is 4. The highest BCUT2D eigenvalue weighted by Gasteiger charge is 2.22. The van der Waals surface area contributed by atoms with Crippen LogP contribution in [0.1, 0.15) is 5.56 Å². The molecule has 4 heteroatoms. The van der Waals surface area contributed by atoms with Crippen molar-refractivity contribution in [3.8, 4) is 0 Å². The average Bonchev–Trinajstić information content (AvgIpc) is 2.32. The van der Waals surface area contributed by atoms with Crippen LogP contribution in [0.3, 0.4) is 0 Å². The number of benzene rings is 1. The van der Waals surface area contributed by atoms with E-state index in [1.807, 2.05) is 6.07 Å². The quantitative estimate of drug-likeness (QED) is 0.564. The van der Waals surface area contributed by atoms with E-state index in [1.54, 1.807) is 12.1 Å². The molecule has 1 aromatic rings. The Kier molecular flexibility index (Phi) is 4.48. The molecule has 1 saturated heterocycles. The van der Waals surface area contributed by atoms with Crippen molar-refractivity contribution in [1.29, 1.82) is 0 Å². The zero-order valence-corrected chi connectivity index (χ0v) is 10.1. The minimum absolute atomic E-state index is 0.147. The molecule has 2 rings (SSSR count). The van der Waals surface area contributed by atoms with Crippen LogP contribution in [0.4, 0.5) is 4.39 Å². The van der Waals surface area contributed by atoms with Crippen LogP contribution in [-0.4, -0.2) is 44.4 Å². The fourth-order valence-corrected chi connectivity index (χ4v) is 2.48. The largest absolute Gasteiger partial charge is 0.391 e. The van der Waals surface area contributed by atoms with E-state index in [9.17, 15) is 4.39 Å². The molecule has 0 atom stereocenters. The van der Waals surface area contributed by atoms with E-state index in [1.165, 1.54) is 15.9 Å². The van der Waals surface area contributed by atoms with Crippen molar-refractivity contribution in [2.45, 2.75) is 6.54 Å². The third-order valence-electron chi connectivity index (χ3n) is 3.47. The predicted molar refractivity (Wildman–Crippen MR) is 63.5 cm³/mol. The topological polar surface area (TPSA) is 29.1 Å². The Balaban J connectivity index is 1.82. The second-order valence-electron chi connectivity index (χ2n) is 4.78. The first kappa shape index (κ1) is 12.5. The molecule has 3 nitrogen and oxygen atoms in total. The molecule has 0 radical (unpaired) electrons. The first-order valence-corrected chi connectivity index (χ1v) is 6.30. The molecular weight excluding hydrogens is 219 g/mol. The van der Waals surface area contributed by atoms with Crippen LogP contribution in [0.25, 0.3) is 0 Å². The Hall–Kier alpha value is -0.970. The molecule has 1 heterocycles. The lowest BCUT2D eigenvalue weighted by atomic mass is 10.2. The summed E-state index contributed by atoms with van der Waals surface area (Å²) in [5, 5.41) is 8.88. The summed E-state index contributed by atoms with van der Waals surface area (Å²) in [5.41, 5.74) is 1.07. The smallest absolute Gasteiger partial charge is 0.127 e. The molecule has 0 aliphatic carbocycles. The molecule has 0 bridgehead atoms. The summed E-state index contributed by atoms with van der Waals surface area (Å²) < 4.78 is 13.0. The van der Waals surface area contributed by atoms with Gasteiger partial charge in [-0.05, 0) is 12.1 Å². The van der Waals surface area contributed by atoms with E-state index in [2.05, 4.69) is 0 Å². The molecule has 1 aromatic carbocycles. The van der Waals surface area contributed by atoms with Crippen molar-refractivity contribution in [3.05, 3.63) is 35.6 Å². The fraction of sp³-hybridized carbons (Fsp3) is 0.538. The van der Waals surface area contributed by atoms with Crippen LogP contribution in [0.2, 0.25) is 0 Å². The van der Waals surface area contributed by atoms with Gasteiger partial charge in [0.2, 0.25) is 0 Å². The van der Waals surface area contributed by atoms with Gasteiger partial charge in [-0.3, -0.25) is 0 Å². The Bertz CT molecular complexity index is 351. The third kappa shape index (κ3) is 3.77. The molecule has 0 amide bonds. The molecule has 1 aliphatic heterocycles. The summed E-state index contributed by atoms with van der Waals surface area (Å²) in [7, 11) is 0. The van der Waals surface area contributed by atoms with Gasteiger partial charge in [-0.2, -0.15) is 0 Å². The highest BCUT2D eigenvalue weighted by atomic mass is 19.1. The lowest BCUT2D eigenvalue weighted by molar-refractivity contribution is -1.02. The number of aliphatic hydroxyl groups excluding tert-OH is 1. The van der Waals surface area contributed by atoms with Gasteiger partial charge < -0.3 is 14.9 Å². The van der Waals surface area contributed by atoms with E-state index in [4.69, 9.17) is 5.11 Å². The number of halogens is 1. The lowest BCUT2D eigenvalue weighted by Crippen LogP contribution is -3.27. The maximum atomic E-state index is 13.0. The summed E-state index contributed by atoms with van der Waals surface area (Å²) in [5.74, 6) is -0.147. The molecule has 0 saturated carbocycles. The van der Waals surface area contributed by atoms with E-state index in [0.29, 0.717) is 0 Å². The number of hydrogen-bond acceptors (Lipinski definition) is 1. The zero-order valence-electron chi connectivity index (χ0n) is 10.1. The Morgan fingerprint density at radius 1 is 1.12 bits per heavy atom. The number of quaternary nitrogens is 2. The van der Waals surface area contributed by atoms with Crippen molar-refractivity contribution in [2.24, 2.45) is 0 Å². The van der Waals surface area contributed by atoms with Crippen molar-refractivity contribution in [1.82, 2.24) is 0 Å². The minimum atomic E-state index is -0.147. The van der Waals surface area contributed by atoms with Crippen molar-refractivity contribution in [2.75, 3.05) is 39.3 Å². The molecule has 0 aromatic heterocycles. The van der Waals surface area contributed by atoms with E-state index >= 15 is 0 Å². The molecule has 17 heavy (non-hydrogen) atoms. The highest BCUT2D eigenvalue weighted by molar-refractivity contribution is 5.14. The SMILES string of the molecule is OCC[NH+]1CC[NH+](Cc2cccc(F)c2)CC1. The Morgan fingerprint density at radius 2 is 1.82 bits per heavy atom. The van der Waals surface area contributed by atoms with Crippen LogP contribution in [0, 0.1) is 5.82 Å². The summed E-state index contributed by atoms with van der Waals surface area (Å²) >= 11 is 0. The molecule has 94 valence electrons. The van der Waals surface area contributed by atoms with Gasteiger partial charge >= 0.3 is 0 Å². The Morgan fingerprint density at radius 3 is 2.47 bits per heavy atom. The number of aliphatic hydroxyl groups is 1. The second kappa shape index (κ2) is 6.10. The monoisotopic (exact) mass is 240 g/mol. The maximum Gasteiger partial charge on any atom is 0.127 e. The van der Waals surface area contributed by atoms with Gasteiger partial charge in [0.25, 0.3) is 0 Å². The third-order valence-corrected chi connectivity index (χ3v) is 3.47. The molecule has 1 fully saturated rings. The maximum absolute atomic E-state index is 13.0. The van der Waals surface area contributed by atoms with Gasteiger partial charge in [0.15, 0.2) is 0 Å². The summed E-state index contributed by atoms with van der Waals surface area (Å²) in [6.45, 7) is 6.44. The predicted octanol–water partition coefficient (Wildman–Crippen LogP) is -1.90. The second-order valence-corrected chi connectivity index (χ2v) is 4.78. The molecular formula is C13H21FN2O+2. The first-order valence-electron chi connectivity index (χ1n) is 6.30. The lowest BCUT2D eigenvalue weighted by Gasteiger charge is -2.29. The zero-order chi connectivity index (χ0) is 12.1. The molecule has 1 aliphatic rings. The molecule has 3 N–H and O–H groups in total. The van der Waals surface area contributed by atoms with E-state index in [-0.39, 0.29) is 12.4 Å². The van der Waals surface area contributed by atoms with Gasteiger partial charge in [0.05, 0.1) is 6.61 Å². The standard InChI is InChI=1S/C13H19FN2O/c14-13-3-1-2-12(10-13)11-16-6-4-15(5-7-16)8-9-17/h1-3,10,17H,4-9,11H2/p+2.